The van der Waals surface area contributed by atoms with E-state index in [-0.39, 0.29) is 11.5 Å². The Morgan fingerprint density at radius 3 is 2.89 bits per heavy atom. The fourth-order valence-corrected chi connectivity index (χ4v) is 4.72. The van der Waals surface area contributed by atoms with Gasteiger partial charge in [0.25, 0.3) is 5.91 Å². The molecule has 0 radical (unpaired) electrons. The lowest BCUT2D eigenvalue weighted by Crippen LogP contribution is -2.61. The first-order valence-corrected chi connectivity index (χ1v) is 10.4. The molecule has 0 aromatic carbocycles. The predicted molar refractivity (Wildman–Crippen MR) is 104 cm³/mol. The molecule has 27 heavy (non-hydrogen) atoms. The van der Waals surface area contributed by atoms with Crippen LogP contribution < -0.4 is 5.32 Å². The standard InChI is InChI=1S/C20H27N3O3S/c1-22-14-18(19(24)21-12-17-5-3-11-27-17)26-20(15-22)6-8-23(9-7-20)13-16-4-2-10-25-16/h2-5,10-11,18H,6-9,12-15H2,1H3,(H,21,24). The highest BCUT2D eigenvalue weighted by Gasteiger charge is 2.44. The zero-order chi connectivity index (χ0) is 18.7. The van der Waals surface area contributed by atoms with Crippen LogP contribution in [0.5, 0.6) is 0 Å². The van der Waals surface area contributed by atoms with Crippen LogP contribution >= 0.6 is 11.3 Å². The van der Waals surface area contributed by atoms with Gasteiger partial charge in [0.05, 0.1) is 25.0 Å². The molecule has 2 saturated heterocycles. The maximum atomic E-state index is 12.7. The molecule has 7 heteroatoms. The quantitative estimate of drug-likeness (QED) is 0.851. The number of ether oxygens (including phenoxy) is 1. The van der Waals surface area contributed by atoms with Gasteiger partial charge in [0.15, 0.2) is 0 Å². The molecular weight excluding hydrogens is 362 g/mol. The zero-order valence-corrected chi connectivity index (χ0v) is 16.5. The van der Waals surface area contributed by atoms with E-state index in [1.54, 1.807) is 17.6 Å². The van der Waals surface area contributed by atoms with Crippen LogP contribution in [-0.4, -0.2) is 60.6 Å². The molecule has 2 aromatic rings. The number of hydrogen-bond donors (Lipinski definition) is 1. The normalized spacial score (nSPS) is 23.5. The molecule has 2 aromatic heterocycles. The van der Waals surface area contributed by atoms with Crippen molar-refractivity contribution in [1.82, 2.24) is 15.1 Å². The summed E-state index contributed by atoms with van der Waals surface area (Å²) in [4.78, 5) is 18.5. The lowest BCUT2D eigenvalue weighted by Gasteiger charge is -2.48. The summed E-state index contributed by atoms with van der Waals surface area (Å²) >= 11 is 1.66. The van der Waals surface area contributed by atoms with E-state index in [0.29, 0.717) is 13.1 Å². The summed E-state index contributed by atoms with van der Waals surface area (Å²) in [6.45, 7) is 4.86. The Balaban J connectivity index is 1.32. The molecule has 1 amide bonds. The monoisotopic (exact) mass is 389 g/mol. The summed E-state index contributed by atoms with van der Waals surface area (Å²) in [7, 11) is 2.08. The third-order valence-corrected chi connectivity index (χ3v) is 6.34. The number of nitrogens with one attached hydrogen (secondary N) is 1. The van der Waals surface area contributed by atoms with E-state index in [1.165, 1.54) is 0 Å². The van der Waals surface area contributed by atoms with Crippen LogP contribution in [0.1, 0.15) is 23.5 Å². The molecule has 6 nitrogen and oxygen atoms in total. The van der Waals surface area contributed by atoms with E-state index in [1.807, 2.05) is 29.6 Å². The molecule has 2 fully saturated rings. The number of likely N-dealkylation sites (tertiary alicyclic amines) is 1. The predicted octanol–water partition coefficient (Wildman–Crippen LogP) is 2.32. The second-order valence-corrected chi connectivity index (χ2v) is 8.67. The van der Waals surface area contributed by atoms with E-state index in [4.69, 9.17) is 9.15 Å². The minimum Gasteiger partial charge on any atom is -0.468 e. The maximum Gasteiger partial charge on any atom is 0.250 e. The van der Waals surface area contributed by atoms with Crippen LogP contribution in [0.25, 0.3) is 0 Å². The summed E-state index contributed by atoms with van der Waals surface area (Å²) in [6.07, 6.45) is 3.19. The molecule has 1 unspecified atom stereocenters. The van der Waals surface area contributed by atoms with Crippen molar-refractivity contribution >= 4 is 17.2 Å². The minimum absolute atomic E-state index is 0.00709. The van der Waals surface area contributed by atoms with Gasteiger partial charge < -0.3 is 19.4 Å². The van der Waals surface area contributed by atoms with Crippen molar-refractivity contribution in [3.63, 3.8) is 0 Å². The van der Waals surface area contributed by atoms with Crippen LogP contribution in [-0.2, 0) is 22.6 Å². The number of carbonyl (C=O) groups excluding carboxylic acids is 1. The lowest BCUT2D eigenvalue weighted by atomic mass is 9.88. The number of hydrogen-bond acceptors (Lipinski definition) is 6. The average molecular weight is 390 g/mol. The first-order chi connectivity index (χ1) is 13.1. The molecule has 4 heterocycles. The van der Waals surface area contributed by atoms with E-state index in [0.717, 1.165) is 49.7 Å². The van der Waals surface area contributed by atoms with Crippen molar-refractivity contribution in [1.29, 1.82) is 0 Å². The second kappa shape index (κ2) is 8.14. The summed E-state index contributed by atoms with van der Waals surface area (Å²) < 4.78 is 11.9. The number of morpholine rings is 1. The highest BCUT2D eigenvalue weighted by atomic mass is 32.1. The summed E-state index contributed by atoms with van der Waals surface area (Å²) in [5, 5.41) is 5.06. The molecular formula is C20H27N3O3S. The Labute approximate surface area is 164 Å². The Kier molecular flexibility index (Phi) is 5.63. The minimum atomic E-state index is -0.402. The number of nitrogens with zero attached hydrogens (tertiary/aromatic N) is 2. The number of thiophene rings is 1. The van der Waals surface area contributed by atoms with E-state index < -0.39 is 6.10 Å². The fourth-order valence-electron chi connectivity index (χ4n) is 4.07. The van der Waals surface area contributed by atoms with E-state index in [9.17, 15) is 4.79 Å². The van der Waals surface area contributed by atoms with Gasteiger partial charge in [-0.1, -0.05) is 6.07 Å². The van der Waals surface area contributed by atoms with Gasteiger partial charge in [-0.15, -0.1) is 11.3 Å². The summed E-state index contributed by atoms with van der Waals surface area (Å²) in [5.41, 5.74) is -0.225. The summed E-state index contributed by atoms with van der Waals surface area (Å²) in [5.74, 6) is 0.991. The van der Waals surface area contributed by atoms with Gasteiger partial charge in [-0.05, 0) is 43.5 Å². The number of likely N-dealkylation sites (N-methyl/N-ethyl adjacent to an activating group) is 1. The largest absolute Gasteiger partial charge is 0.468 e. The zero-order valence-electron chi connectivity index (χ0n) is 15.7. The maximum absolute atomic E-state index is 12.7. The molecule has 1 atom stereocenters. The van der Waals surface area contributed by atoms with Crippen LogP contribution in [0.2, 0.25) is 0 Å². The van der Waals surface area contributed by atoms with Crippen LogP contribution in [0.15, 0.2) is 40.3 Å². The third-order valence-electron chi connectivity index (χ3n) is 5.46. The lowest BCUT2D eigenvalue weighted by molar-refractivity contribution is -0.182. The van der Waals surface area contributed by atoms with Crippen LogP contribution in [0.3, 0.4) is 0 Å². The molecule has 2 aliphatic heterocycles. The van der Waals surface area contributed by atoms with Gasteiger partial charge in [-0.25, -0.2) is 0 Å². The van der Waals surface area contributed by atoms with Crippen molar-refractivity contribution in [3.05, 3.63) is 46.5 Å². The molecule has 146 valence electrons. The number of amides is 1. The van der Waals surface area contributed by atoms with Gasteiger partial charge >= 0.3 is 0 Å². The van der Waals surface area contributed by atoms with Gasteiger partial charge in [0, 0.05) is 31.1 Å². The van der Waals surface area contributed by atoms with Gasteiger partial charge in [0.1, 0.15) is 11.9 Å². The van der Waals surface area contributed by atoms with E-state index in [2.05, 4.69) is 22.2 Å². The smallest absolute Gasteiger partial charge is 0.250 e. The number of furan rings is 1. The SMILES string of the molecule is CN1CC(C(=O)NCc2cccs2)OC2(CCN(Cc3ccco3)CC2)C1. The van der Waals surface area contributed by atoms with Crippen molar-refractivity contribution in [2.75, 3.05) is 33.2 Å². The summed E-state index contributed by atoms with van der Waals surface area (Å²) in [6, 6.07) is 7.99. The van der Waals surface area contributed by atoms with Gasteiger partial charge in [-0.3, -0.25) is 9.69 Å². The molecule has 0 saturated carbocycles. The van der Waals surface area contributed by atoms with Crippen molar-refractivity contribution in [3.8, 4) is 0 Å². The number of rotatable bonds is 5. The fraction of sp³-hybridized carbons (Fsp3) is 0.550. The van der Waals surface area contributed by atoms with Crippen molar-refractivity contribution in [2.45, 2.75) is 37.6 Å². The highest BCUT2D eigenvalue weighted by molar-refractivity contribution is 7.09. The van der Waals surface area contributed by atoms with Crippen molar-refractivity contribution in [2.24, 2.45) is 0 Å². The first-order valence-electron chi connectivity index (χ1n) is 9.53. The highest BCUT2D eigenvalue weighted by Crippen LogP contribution is 2.32. The van der Waals surface area contributed by atoms with Gasteiger partial charge in [0.2, 0.25) is 0 Å². The molecule has 0 aliphatic carbocycles. The number of carbonyl (C=O) groups is 1. The number of piperidine rings is 1. The topological polar surface area (TPSA) is 58.0 Å². The van der Waals surface area contributed by atoms with Crippen molar-refractivity contribution < 1.29 is 13.9 Å². The molecule has 0 bridgehead atoms. The Morgan fingerprint density at radius 1 is 1.33 bits per heavy atom. The van der Waals surface area contributed by atoms with Gasteiger partial charge in [-0.2, -0.15) is 0 Å². The first kappa shape index (κ1) is 18.7. The molecule has 2 aliphatic rings. The second-order valence-electron chi connectivity index (χ2n) is 7.64. The Hall–Kier alpha value is -1.67. The molecule has 1 N–H and O–H groups in total. The Morgan fingerprint density at radius 2 is 2.19 bits per heavy atom. The third kappa shape index (κ3) is 4.60. The Bertz CT molecular complexity index is 724. The van der Waals surface area contributed by atoms with Crippen LogP contribution in [0, 0.1) is 0 Å². The molecule has 1 spiro atoms. The molecule has 4 rings (SSSR count). The average Bonchev–Trinajstić information content (AvgIpc) is 3.35. The van der Waals surface area contributed by atoms with E-state index >= 15 is 0 Å². The van der Waals surface area contributed by atoms with Crippen LogP contribution in [0.4, 0.5) is 0 Å².